The highest BCUT2D eigenvalue weighted by Gasteiger charge is 2.76. The summed E-state index contributed by atoms with van der Waals surface area (Å²) in [5.74, 6) is 0.435. The van der Waals surface area contributed by atoms with E-state index in [9.17, 15) is 0 Å². The van der Waals surface area contributed by atoms with Crippen LogP contribution in [0, 0.1) is 11.3 Å². The van der Waals surface area contributed by atoms with Crippen molar-refractivity contribution in [3.8, 4) is 0 Å². The van der Waals surface area contributed by atoms with Gasteiger partial charge in [-0.1, -0.05) is 43.2 Å². The maximum atomic E-state index is 6.50. The Hall–Kier alpha value is -2.26. The SMILES string of the molecule is CC1(C)O[C@H]2[C@H](n3cnc4c(NC5CCCC5)nc(Cl)nc43)[C@H]3C[C@@]3(COCc3ccccc3)[C@H]2O1. The lowest BCUT2D eigenvalue weighted by molar-refractivity contribution is -0.164. The van der Waals surface area contributed by atoms with Gasteiger partial charge in [0.25, 0.3) is 0 Å². The molecule has 4 aliphatic rings. The molecule has 1 aliphatic heterocycles. The second kappa shape index (κ2) is 8.38. The summed E-state index contributed by atoms with van der Waals surface area (Å²) in [7, 11) is 0. The third-order valence-electron chi connectivity index (χ3n) is 8.52. The van der Waals surface area contributed by atoms with Crippen molar-refractivity contribution in [3.05, 3.63) is 47.5 Å². The van der Waals surface area contributed by atoms with Crippen molar-refractivity contribution in [1.82, 2.24) is 19.5 Å². The van der Waals surface area contributed by atoms with Gasteiger partial charge in [0.2, 0.25) is 5.28 Å². The van der Waals surface area contributed by atoms with Gasteiger partial charge in [0, 0.05) is 11.5 Å². The van der Waals surface area contributed by atoms with Crippen molar-refractivity contribution in [2.45, 2.75) is 82.6 Å². The number of rotatable bonds is 7. The lowest BCUT2D eigenvalue weighted by Crippen LogP contribution is -2.33. The predicted molar refractivity (Wildman–Crippen MR) is 136 cm³/mol. The van der Waals surface area contributed by atoms with Gasteiger partial charge in [-0.2, -0.15) is 9.97 Å². The molecule has 1 aromatic carbocycles. The zero-order valence-corrected chi connectivity index (χ0v) is 21.4. The van der Waals surface area contributed by atoms with Crippen LogP contribution in [0.5, 0.6) is 0 Å². The van der Waals surface area contributed by atoms with E-state index in [2.05, 4.69) is 32.0 Å². The second-order valence-corrected chi connectivity index (χ2v) is 11.7. The van der Waals surface area contributed by atoms with E-state index >= 15 is 0 Å². The van der Waals surface area contributed by atoms with Crippen molar-refractivity contribution in [1.29, 1.82) is 0 Å². The van der Waals surface area contributed by atoms with Crippen LogP contribution in [0.1, 0.15) is 57.6 Å². The lowest BCUT2D eigenvalue weighted by atomic mass is 10.0. The topological polar surface area (TPSA) is 83.3 Å². The molecule has 9 heteroatoms. The van der Waals surface area contributed by atoms with Gasteiger partial charge in [-0.25, -0.2) is 4.98 Å². The summed E-state index contributed by atoms with van der Waals surface area (Å²) >= 11 is 6.42. The summed E-state index contributed by atoms with van der Waals surface area (Å²) < 4.78 is 21.4. The standard InChI is InChI=1S/C27H32ClN5O3/c1-26(2)35-21-20(18-12-27(18,22(21)36-26)14-34-13-16-8-4-3-5-9-16)33-15-29-19-23(30-17-10-6-7-11-17)31-25(28)32-24(19)33/h3-5,8-9,15,17-18,20-22H,6-7,10-14H2,1-2H3,(H,30,31,32)/t18-,20-,21+,22+,27+/m1/s1. The molecule has 0 radical (unpaired) electrons. The summed E-state index contributed by atoms with van der Waals surface area (Å²) in [5, 5.41) is 3.81. The molecule has 0 unspecified atom stereocenters. The van der Waals surface area contributed by atoms with Crippen LogP contribution in [0.25, 0.3) is 11.2 Å². The molecule has 8 nitrogen and oxygen atoms in total. The zero-order valence-electron chi connectivity index (χ0n) is 20.7. The van der Waals surface area contributed by atoms with Crippen molar-refractivity contribution in [2.75, 3.05) is 11.9 Å². The lowest BCUT2D eigenvalue weighted by Gasteiger charge is -2.24. The molecule has 3 saturated carbocycles. The molecule has 0 bridgehead atoms. The first-order chi connectivity index (χ1) is 17.4. The number of halogens is 1. The Balaban J connectivity index is 1.19. The fourth-order valence-electron chi connectivity index (χ4n) is 6.86. The van der Waals surface area contributed by atoms with Gasteiger partial charge in [0.1, 0.15) is 6.10 Å². The van der Waals surface area contributed by atoms with Crippen LogP contribution < -0.4 is 5.32 Å². The maximum Gasteiger partial charge on any atom is 0.226 e. The number of nitrogens with zero attached hydrogens (tertiary/aromatic N) is 4. The number of benzene rings is 1. The summed E-state index contributed by atoms with van der Waals surface area (Å²) in [5.41, 5.74) is 2.62. The number of aromatic nitrogens is 4. The molecule has 0 amide bonds. The third-order valence-corrected chi connectivity index (χ3v) is 8.69. The average Bonchev–Trinajstić information content (AvgIpc) is 3.24. The van der Waals surface area contributed by atoms with E-state index in [1.165, 1.54) is 18.4 Å². The molecule has 3 heterocycles. The summed E-state index contributed by atoms with van der Waals surface area (Å²) in [4.78, 5) is 13.9. The number of hydrogen-bond donors (Lipinski definition) is 1. The maximum absolute atomic E-state index is 6.50. The second-order valence-electron chi connectivity index (χ2n) is 11.3. The Morgan fingerprint density at radius 2 is 1.94 bits per heavy atom. The van der Waals surface area contributed by atoms with Crippen LogP contribution >= 0.6 is 11.6 Å². The predicted octanol–water partition coefficient (Wildman–Crippen LogP) is 5.13. The van der Waals surface area contributed by atoms with Crippen molar-refractivity contribution < 1.29 is 14.2 Å². The summed E-state index contributed by atoms with van der Waals surface area (Å²) in [6.45, 7) is 5.22. The first-order valence-corrected chi connectivity index (χ1v) is 13.5. The van der Waals surface area contributed by atoms with Crippen molar-refractivity contribution >= 4 is 28.6 Å². The molecule has 0 spiro atoms. The zero-order chi connectivity index (χ0) is 24.5. The molecule has 1 N–H and O–H groups in total. The molecule has 4 fully saturated rings. The molecule has 5 atom stereocenters. The molecule has 190 valence electrons. The van der Waals surface area contributed by atoms with Crippen molar-refractivity contribution in [2.24, 2.45) is 11.3 Å². The molecule has 7 rings (SSSR count). The first kappa shape index (κ1) is 22.9. The van der Waals surface area contributed by atoms with E-state index < -0.39 is 5.79 Å². The Bertz CT molecular complexity index is 1280. The minimum Gasteiger partial charge on any atom is -0.376 e. The first-order valence-electron chi connectivity index (χ1n) is 13.1. The van der Waals surface area contributed by atoms with Crippen LogP contribution in [0.3, 0.4) is 0 Å². The highest BCUT2D eigenvalue weighted by Crippen LogP contribution is 2.71. The van der Waals surface area contributed by atoms with E-state index in [0.717, 1.165) is 36.2 Å². The van der Waals surface area contributed by atoms with E-state index in [1.807, 2.05) is 38.4 Å². The Labute approximate surface area is 215 Å². The van der Waals surface area contributed by atoms with Crippen LogP contribution in [-0.4, -0.2) is 50.2 Å². The van der Waals surface area contributed by atoms with Gasteiger partial charge in [0.15, 0.2) is 22.8 Å². The Morgan fingerprint density at radius 1 is 1.14 bits per heavy atom. The quantitative estimate of drug-likeness (QED) is 0.442. The molecular weight excluding hydrogens is 478 g/mol. The fourth-order valence-corrected chi connectivity index (χ4v) is 7.02. The van der Waals surface area contributed by atoms with E-state index in [1.54, 1.807) is 0 Å². The van der Waals surface area contributed by atoms with Crippen LogP contribution in [-0.2, 0) is 20.8 Å². The molecular formula is C27H32ClN5O3. The number of imidazole rings is 1. The average molecular weight is 510 g/mol. The highest BCUT2D eigenvalue weighted by atomic mass is 35.5. The van der Waals surface area contributed by atoms with Gasteiger partial charge in [-0.3, -0.25) is 0 Å². The van der Waals surface area contributed by atoms with E-state index in [-0.39, 0.29) is 28.9 Å². The normalized spacial score (nSPS) is 32.6. The van der Waals surface area contributed by atoms with E-state index in [4.69, 9.17) is 30.8 Å². The van der Waals surface area contributed by atoms with Gasteiger partial charge in [0.05, 0.1) is 31.7 Å². The molecule has 3 aliphatic carbocycles. The fraction of sp³-hybridized carbons (Fsp3) is 0.593. The van der Waals surface area contributed by atoms with Crippen LogP contribution in [0.4, 0.5) is 5.82 Å². The molecule has 2 aromatic heterocycles. The molecule has 1 saturated heterocycles. The minimum atomic E-state index is -0.647. The van der Waals surface area contributed by atoms with Gasteiger partial charge in [-0.05, 0) is 56.2 Å². The summed E-state index contributed by atoms with van der Waals surface area (Å²) in [6.07, 6.45) is 7.53. The highest BCUT2D eigenvalue weighted by molar-refractivity contribution is 6.28. The largest absolute Gasteiger partial charge is 0.376 e. The Kier molecular flexibility index (Phi) is 5.33. The van der Waals surface area contributed by atoms with Gasteiger partial charge < -0.3 is 24.1 Å². The van der Waals surface area contributed by atoms with E-state index in [0.29, 0.717) is 25.2 Å². The molecule has 36 heavy (non-hydrogen) atoms. The number of ether oxygens (including phenoxy) is 3. The van der Waals surface area contributed by atoms with Crippen molar-refractivity contribution in [3.63, 3.8) is 0 Å². The number of anilines is 1. The molecule has 3 aromatic rings. The minimum absolute atomic E-state index is 0.0379. The Morgan fingerprint density at radius 3 is 2.75 bits per heavy atom. The number of fused-ring (bicyclic) bond motifs is 4. The summed E-state index contributed by atoms with van der Waals surface area (Å²) in [6, 6.07) is 10.8. The third kappa shape index (κ3) is 3.72. The van der Waals surface area contributed by atoms with Crippen LogP contribution in [0.15, 0.2) is 36.7 Å². The van der Waals surface area contributed by atoms with Gasteiger partial charge >= 0.3 is 0 Å². The number of nitrogens with one attached hydrogen (secondary N) is 1. The van der Waals surface area contributed by atoms with Gasteiger partial charge in [-0.15, -0.1) is 0 Å². The monoisotopic (exact) mass is 509 g/mol. The van der Waals surface area contributed by atoms with Crippen LogP contribution in [0.2, 0.25) is 5.28 Å². The number of hydrogen-bond acceptors (Lipinski definition) is 7. The smallest absolute Gasteiger partial charge is 0.226 e.